The molecule has 0 bridgehead atoms. The van der Waals surface area contributed by atoms with Crippen molar-refractivity contribution in [3.05, 3.63) is 22.5 Å². The molecular weight excluding hydrogens is 380 g/mol. The molecule has 1 atom stereocenters. The summed E-state index contributed by atoms with van der Waals surface area (Å²) < 4.78 is 6.78. The normalized spacial score (nSPS) is 15.5. The van der Waals surface area contributed by atoms with Gasteiger partial charge in [-0.1, -0.05) is 26.7 Å². The smallest absolute Gasteiger partial charge is 0.354 e. The lowest BCUT2D eigenvalue weighted by Gasteiger charge is -2.31. The Hall–Kier alpha value is -2.11. The third-order valence-electron chi connectivity index (χ3n) is 6.49. The maximum absolute atomic E-state index is 13.6. The molecule has 6 heteroatoms. The van der Waals surface area contributed by atoms with Gasteiger partial charge in [-0.3, -0.25) is 9.59 Å². The molecule has 2 rings (SSSR count). The molecule has 0 aromatic carbocycles. The molecule has 1 aliphatic carbocycles. The van der Waals surface area contributed by atoms with E-state index in [0.29, 0.717) is 35.8 Å². The second-order valence-corrected chi connectivity index (χ2v) is 8.91. The van der Waals surface area contributed by atoms with Crippen LogP contribution >= 0.6 is 0 Å². The van der Waals surface area contributed by atoms with Crippen LogP contribution in [0, 0.1) is 25.7 Å². The standard InChI is InChI=1S/C24H38N2O4/c1-8-25-17(5)20(16(4)21(25)24(29)30-7)22(27)18(6)26(14-13-15(2)3)23(28)19-11-9-10-12-19/h15,18-19H,8-14H2,1-7H3. The quantitative estimate of drug-likeness (QED) is 0.436. The number of nitrogens with zero attached hydrogens (tertiary/aromatic N) is 2. The maximum Gasteiger partial charge on any atom is 0.354 e. The number of ketones is 1. The summed E-state index contributed by atoms with van der Waals surface area (Å²) in [6.45, 7) is 12.8. The Labute approximate surface area is 181 Å². The topological polar surface area (TPSA) is 68.6 Å². The highest BCUT2D eigenvalue weighted by molar-refractivity contribution is 6.06. The van der Waals surface area contributed by atoms with Crippen molar-refractivity contribution in [3.63, 3.8) is 0 Å². The summed E-state index contributed by atoms with van der Waals surface area (Å²) in [4.78, 5) is 41.0. The van der Waals surface area contributed by atoms with E-state index in [2.05, 4.69) is 13.8 Å². The zero-order chi connectivity index (χ0) is 22.6. The van der Waals surface area contributed by atoms with E-state index in [1.807, 2.05) is 25.3 Å². The predicted molar refractivity (Wildman–Crippen MR) is 118 cm³/mol. The number of hydrogen-bond donors (Lipinski definition) is 0. The van der Waals surface area contributed by atoms with Crippen molar-refractivity contribution in [2.45, 2.75) is 86.2 Å². The molecule has 1 unspecified atom stereocenters. The molecular formula is C24H38N2O4. The monoisotopic (exact) mass is 418 g/mol. The molecule has 168 valence electrons. The second kappa shape index (κ2) is 10.3. The van der Waals surface area contributed by atoms with Gasteiger partial charge < -0.3 is 14.2 Å². The van der Waals surface area contributed by atoms with Gasteiger partial charge in [0, 0.05) is 30.3 Å². The van der Waals surface area contributed by atoms with Crippen LogP contribution in [-0.2, 0) is 16.1 Å². The summed E-state index contributed by atoms with van der Waals surface area (Å²) in [5.74, 6) is 0.0370. The average Bonchev–Trinajstić information content (AvgIpc) is 3.32. The fourth-order valence-corrected chi connectivity index (χ4v) is 4.66. The van der Waals surface area contributed by atoms with E-state index in [-0.39, 0.29) is 17.6 Å². The molecule has 1 fully saturated rings. The molecule has 30 heavy (non-hydrogen) atoms. The highest BCUT2D eigenvalue weighted by Gasteiger charge is 2.35. The Balaban J connectivity index is 2.41. The molecule has 0 radical (unpaired) electrons. The van der Waals surface area contributed by atoms with Crippen LogP contribution in [-0.4, -0.2) is 46.8 Å². The second-order valence-electron chi connectivity index (χ2n) is 8.91. The summed E-state index contributed by atoms with van der Waals surface area (Å²) in [5.41, 5.74) is 2.35. The average molecular weight is 419 g/mol. The number of amides is 1. The minimum Gasteiger partial charge on any atom is -0.464 e. The molecule has 0 spiro atoms. The van der Waals surface area contributed by atoms with Crippen molar-refractivity contribution >= 4 is 17.7 Å². The molecule has 1 heterocycles. The first-order valence-corrected chi connectivity index (χ1v) is 11.3. The van der Waals surface area contributed by atoms with Gasteiger partial charge in [-0.25, -0.2) is 4.79 Å². The Morgan fingerprint density at radius 2 is 1.73 bits per heavy atom. The molecule has 0 aliphatic heterocycles. The zero-order valence-corrected chi connectivity index (χ0v) is 19.7. The lowest BCUT2D eigenvalue weighted by molar-refractivity contribution is -0.136. The molecule has 1 aliphatic rings. The number of hydrogen-bond acceptors (Lipinski definition) is 4. The minimum absolute atomic E-state index is 0.0282. The van der Waals surface area contributed by atoms with Crippen molar-refractivity contribution in [2.75, 3.05) is 13.7 Å². The molecule has 6 nitrogen and oxygen atoms in total. The Kier molecular flexibility index (Phi) is 8.27. The van der Waals surface area contributed by atoms with Crippen molar-refractivity contribution in [1.29, 1.82) is 0 Å². The van der Waals surface area contributed by atoms with Gasteiger partial charge in [-0.2, -0.15) is 0 Å². The summed E-state index contributed by atoms with van der Waals surface area (Å²) >= 11 is 0. The maximum atomic E-state index is 13.6. The van der Waals surface area contributed by atoms with E-state index in [1.165, 1.54) is 7.11 Å². The molecule has 1 aromatic heterocycles. The molecule has 0 saturated heterocycles. The van der Waals surface area contributed by atoms with Gasteiger partial charge in [0.25, 0.3) is 0 Å². The fraction of sp³-hybridized carbons (Fsp3) is 0.708. The first kappa shape index (κ1) is 24.2. The van der Waals surface area contributed by atoms with E-state index in [1.54, 1.807) is 11.8 Å². The first-order valence-electron chi connectivity index (χ1n) is 11.3. The number of carbonyl (C=O) groups excluding carboxylic acids is 3. The zero-order valence-electron chi connectivity index (χ0n) is 19.7. The van der Waals surface area contributed by atoms with Crippen molar-refractivity contribution in [1.82, 2.24) is 9.47 Å². The summed E-state index contributed by atoms with van der Waals surface area (Å²) in [6, 6.07) is -0.563. The van der Waals surface area contributed by atoms with Crippen LogP contribution in [0.4, 0.5) is 0 Å². The number of carbonyl (C=O) groups is 3. The summed E-state index contributed by atoms with van der Waals surface area (Å²) in [5, 5.41) is 0. The number of aromatic nitrogens is 1. The van der Waals surface area contributed by atoms with Gasteiger partial charge in [0.15, 0.2) is 5.78 Å². The largest absolute Gasteiger partial charge is 0.464 e. The van der Waals surface area contributed by atoms with Crippen molar-refractivity contribution < 1.29 is 19.1 Å². The summed E-state index contributed by atoms with van der Waals surface area (Å²) in [7, 11) is 1.35. The highest BCUT2D eigenvalue weighted by Crippen LogP contribution is 2.30. The highest BCUT2D eigenvalue weighted by atomic mass is 16.5. The molecule has 1 aromatic rings. The van der Waals surface area contributed by atoms with Gasteiger partial charge in [0.2, 0.25) is 5.91 Å². The van der Waals surface area contributed by atoms with Gasteiger partial charge in [-0.05, 0) is 58.4 Å². The van der Waals surface area contributed by atoms with Gasteiger partial charge in [0.1, 0.15) is 5.69 Å². The van der Waals surface area contributed by atoms with Gasteiger partial charge in [-0.15, -0.1) is 0 Å². The number of rotatable bonds is 9. The van der Waals surface area contributed by atoms with Crippen LogP contribution in [0.25, 0.3) is 0 Å². The number of esters is 1. The SMILES string of the molecule is CCn1c(C)c(C(=O)C(C)N(CCC(C)C)C(=O)C2CCCC2)c(C)c1C(=O)OC. The van der Waals surface area contributed by atoms with Crippen molar-refractivity contribution in [3.8, 4) is 0 Å². The van der Waals surface area contributed by atoms with E-state index in [9.17, 15) is 14.4 Å². The molecule has 1 amide bonds. The van der Waals surface area contributed by atoms with Gasteiger partial charge in [0.05, 0.1) is 13.2 Å². The minimum atomic E-state index is -0.563. The Morgan fingerprint density at radius 3 is 2.23 bits per heavy atom. The van der Waals surface area contributed by atoms with E-state index < -0.39 is 12.0 Å². The predicted octanol–water partition coefficient (Wildman–Crippen LogP) is 4.55. The number of methoxy groups -OCH3 is 1. The lowest BCUT2D eigenvalue weighted by Crippen LogP contribution is -2.46. The number of ether oxygens (including phenoxy) is 1. The van der Waals surface area contributed by atoms with Crippen molar-refractivity contribution in [2.24, 2.45) is 11.8 Å². The molecule has 1 saturated carbocycles. The van der Waals surface area contributed by atoms with Crippen LogP contribution in [0.2, 0.25) is 0 Å². The Morgan fingerprint density at radius 1 is 1.13 bits per heavy atom. The van der Waals surface area contributed by atoms with Crippen LogP contribution in [0.5, 0.6) is 0 Å². The lowest BCUT2D eigenvalue weighted by atomic mass is 9.97. The van der Waals surface area contributed by atoms with Crippen LogP contribution in [0.1, 0.15) is 91.9 Å². The van der Waals surface area contributed by atoms with E-state index in [0.717, 1.165) is 37.8 Å². The Bertz CT molecular complexity index is 788. The molecule has 0 N–H and O–H groups in total. The third-order valence-corrected chi connectivity index (χ3v) is 6.49. The number of Topliss-reactive ketones (excluding diaryl/α,β-unsaturated/α-hetero) is 1. The first-order chi connectivity index (χ1) is 14.1. The fourth-order valence-electron chi connectivity index (χ4n) is 4.66. The van der Waals surface area contributed by atoms with Gasteiger partial charge >= 0.3 is 5.97 Å². The van der Waals surface area contributed by atoms with Crippen LogP contribution in [0.15, 0.2) is 0 Å². The van der Waals surface area contributed by atoms with E-state index >= 15 is 0 Å². The van der Waals surface area contributed by atoms with E-state index in [4.69, 9.17) is 4.74 Å². The van der Waals surface area contributed by atoms with Crippen LogP contribution < -0.4 is 0 Å². The third kappa shape index (κ3) is 4.79. The van der Waals surface area contributed by atoms with Crippen LogP contribution in [0.3, 0.4) is 0 Å². The summed E-state index contributed by atoms with van der Waals surface area (Å²) in [6.07, 6.45) is 4.84.